The Morgan fingerprint density at radius 2 is 1.94 bits per heavy atom. The van der Waals surface area contributed by atoms with Crippen LogP contribution in [0.2, 0.25) is 0 Å². The number of likely N-dealkylation sites (tertiary alicyclic amines) is 1. The van der Waals surface area contributed by atoms with Crippen LogP contribution in [0.25, 0.3) is 5.69 Å². The van der Waals surface area contributed by atoms with Crippen molar-refractivity contribution in [2.24, 2.45) is 5.92 Å². The molecule has 1 fully saturated rings. The van der Waals surface area contributed by atoms with Gasteiger partial charge in [0.15, 0.2) is 15.7 Å². The van der Waals surface area contributed by atoms with Crippen molar-refractivity contribution in [2.45, 2.75) is 30.7 Å². The van der Waals surface area contributed by atoms with Crippen LogP contribution in [0.3, 0.4) is 0 Å². The summed E-state index contributed by atoms with van der Waals surface area (Å²) in [6.07, 6.45) is 3.65. The first-order valence-electron chi connectivity index (χ1n) is 10.5. The molecule has 11 heteroatoms. The normalized spacial score (nSPS) is 15.7. The molecule has 1 amide bonds. The lowest BCUT2D eigenvalue weighted by Crippen LogP contribution is -2.41. The fourth-order valence-corrected chi connectivity index (χ4v) is 5.14. The van der Waals surface area contributed by atoms with Crippen LogP contribution in [0.15, 0.2) is 46.7 Å². The molecule has 0 unspecified atom stereocenters. The summed E-state index contributed by atoms with van der Waals surface area (Å²) < 4.78 is 25.0. The van der Waals surface area contributed by atoms with Crippen LogP contribution >= 0.6 is 11.3 Å². The van der Waals surface area contributed by atoms with Gasteiger partial charge in [-0.2, -0.15) is 4.68 Å². The van der Waals surface area contributed by atoms with Crippen LogP contribution in [-0.4, -0.2) is 65.3 Å². The molecule has 9 nitrogen and oxygen atoms in total. The Balaban J connectivity index is 1.28. The Labute approximate surface area is 191 Å². The van der Waals surface area contributed by atoms with Crippen molar-refractivity contribution in [3.8, 4) is 5.69 Å². The fourth-order valence-electron chi connectivity index (χ4n) is 3.80. The lowest BCUT2D eigenvalue weighted by atomic mass is 9.96. The SMILES string of the molecule is CS(=O)(=O)c1ccc(-n2nnnc2CN2CCC(C(=O)NCCc3cccs3)CC2)cc1. The van der Waals surface area contributed by atoms with E-state index in [1.54, 1.807) is 40.3 Å². The summed E-state index contributed by atoms with van der Waals surface area (Å²) in [5.74, 6) is 0.849. The Hall–Kier alpha value is -2.63. The second-order valence-corrected chi connectivity index (χ2v) is 11.0. The molecule has 2 aromatic heterocycles. The van der Waals surface area contributed by atoms with E-state index < -0.39 is 9.84 Å². The number of thiophene rings is 1. The number of hydrogen-bond acceptors (Lipinski definition) is 8. The number of amides is 1. The minimum absolute atomic E-state index is 0.0362. The number of aromatic nitrogens is 4. The van der Waals surface area contributed by atoms with Crippen molar-refractivity contribution in [3.63, 3.8) is 0 Å². The highest BCUT2D eigenvalue weighted by molar-refractivity contribution is 7.90. The van der Waals surface area contributed by atoms with Gasteiger partial charge in [-0.3, -0.25) is 9.69 Å². The number of benzene rings is 1. The third-order valence-electron chi connectivity index (χ3n) is 5.62. The number of piperidine rings is 1. The average Bonchev–Trinajstić information content (AvgIpc) is 3.46. The molecular formula is C21H26N6O3S2. The van der Waals surface area contributed by atoms with Crippen molar-refractivity contribution in [3.05, 3.63) is 52.5 Å². The van der Waals surface area contributed by atoms with Crippen molar-refractivity contribution in [1.29, 1.82) is 0 Å². The molecule has 0 aliphatic carbocycles. The number of hydrogen-bond donors (Lipinski definition) is 1. The van der Waals surface area contributed by atoms with E-state index in [0.717, 1.165) is 32.4 Å². The molecule has 3 heterocycles. The van der Waals surface area contributed by atoms with E-state index in [-0.39, 0.29) is 16.7 Å². The highest BCUT2D eigenvalue weighted by Gasteiger charge is 2.26. The minimum atomic E-state index is -3.25. The molecule has 1 aromatic carbocycles. The average molecular weight is 475 g/mol. The van der Waals surface area contributed by atoms with Gasteiger partial charge in [-0.25, -0.2) is 8.42 Å². The van der Waals surface area contributed by atoms with Gasteiger partial charge in [-0.1, -0.05) is 6.07 Å². The summed E-state index contributed by atoms with van der Waals surface area (Å²) in [5.41, 5.74) is 0.706. The van der Waals surface area contributed by atoms with Gasteiger partial charge in [0.2, 0.25) is 5.91 Å². The zero-order valence-electron chi connectivity index (χ0n) is 17.8. The maximum atomic E-state index is 12.5. The van der Waals surface area contributed by atoms with E-state index in [1.165, 1.54) is 11.1 Å². The molecule has 0 radical (unpaired) electrons. The topological polar surface area (TPSA) is 110 Å². The summed E-state index contributed by atoms with van der Waals surface area (Å²) >= 11 is 1.71. The van der Waals surface area contributed by atoms with E-state index in [9.17, 15) is 13.2 Å². The van der Waals surface area contributed by atoms with Gasteiger partial charge in [0, 0.05) is 23.6 Å². The van der Waals surface area contributed by atoms with Gasteiger partial charge >= 0.3 is 0 Å². The molecule has 3 aromatic rings. The highest BCUT2D eigenvalue weighted by atomic mass is 32.2. The van der Waals surface area contributed by atoms with Crippen LogP contribution < -0.4 is 5.32 Å². The molecular weight excluding hydrogens is 448 g/mol. The van der Waals surface area contributed by atoms with E-state index in [2.05, 4.69) is 31.8 Å². The Kier molecular flexibility index (Phi) is 6.97. The number of nitrogens with one attached hydrogen (secondary N) is 1. The first-order chi connectivity index (χ1) is 15.4. The van der Waals surface area contributed by atoms with E-state index >= 15 is 0 Å². The second-order valence-electron chi connectivity index (χ2n) is 7.94. The number of rotatable bonds is 8. The maximum absolute atomic E-state index is 12.5. The summed E-state index contributed by atoms with van der Waals surface area (Å²) in [5, 5.41) is 17.1. The van der Waals surface area contributed by atoms with Gasteiger partial charge in [-0.05, 0) is 78.5 Å². The zero-order chi connectivity index (χ0) is 22.6. The molecule has 32 heavy (non-hydrogen) atoms. The van der Waals surface area contributed by atoms with E-state index in [0.29, 0.717) is 24.6 Å². The van der Waals surface area contributed by atoms with Gasteiger partial charge in [-0.15, -0.1) is 16.4 Å². The van der Waals surface area contributed by atoms with Crippen molar-refractivity contribution < 1.29 is 13.2 Å². The second kappa shape index (κ2) is 9.88. The van der Waals surface area contributed by atoms with E-state index in [4.69, 9.17) is 0 Å². The smallest absolute Gasteiger partial charge is 0.223 e. The number of carbonyl (C=O) groups excluding carboxylic acids is 1. The predicted octanol–water partition coefficient (Wildman–Crippen LogP) is 1.70. The summed E-state index contributed by atoms with van der Waals surface area (Å²) in [4.78, 5) is 16.3. The van der Waals surface area contributed by atoms with Gasteiger partial charge < -0.3 is 5.32 Å². The lowest BCUT2D eigenvalue weighted by Gasteiger charge is -2.30. The van der Waals surface area contributed by atoms with Crippen LogP contribution in [0.4, 0.5) is 0 Å². The van der Waals surface area contributed by atoms with E-state index in [1.807, 2.05) is 11.4 Å². The van der Waals surface area contributed by atoms with Gasteiger partial charge in [0.25, 0.3) is 0 Å². The Morgan fingerprint density at radius 3 is 2.59 bits per heavy atom. The summed E-state index contributed by atoms with van der Waals surface area (Å²) in [6.45, 7) is 2.83. The molecule has 0 atom stereocenters. The molecule has 1 aliphatic heterocycles. The minimum Gasteiger partial charge on any atom is -0.355 e. The first-order valence-corrected chi connectivity index (χ1v) is 13.3. The summed E-state index contributed by atoms with van der Waals surface area (Å²) in [6, 6.07) is 10.6. The van der Waals surface area contributed by atoms with Crippen LogP contribution in [0.1, 0.15) is 23.5 Å². The first kappa shape index (κ1) is 22.6. The molecule has 0 spiro atoms. The van der Waals surface area contributed by atoms with Gasteiger partial charge in [0.1, 0.15) is 0 Å². The number of sulfone groups is 1. The maximum Gasteiger partial charge on any atom is 0.223 e. The highest BCUT2D eigenvalue weighted by Crippen LogP contribution is 2.20. The third kappa shape index (κ3) is 5.59. The molecule has 1 saturated heterocycles. The Bertz CT molecular complexity index is 1130. The van der Waals surface area contributed by atoms with Crippen molar-refractivity contribution in [1.82, 2.24) is 30.4 Å². The number of tetrazole rings is 1. The molecule has 1 N–H and O–H groups in total. The Morgan fingerprint density at radius 1 is 1.19 bits per heavy atom. The fraction of sp³-hybridized carbons (Fsp3) is 0.429. The lowest BCUT2D eigenvalue weighted by molar-refractivity contribution is -0.126. The standard InChI is InChI=1S/C21H26N6O3S2/c1-32(29,30)19-6-4-17(5-7-19)27-20(23-24-25-27)15-26-12-9-16(10-13-26)21(28)22-11-8-18-3-2-14-31-18/h2-7,14,16H,8-13,15H2,1H3,(H,22,28). The number of nitrogens with zero attached hydrogens (tertiary/aromatic N) is 5. The van der Waals surface area contributed by atoms with Crippen LogP contribution in [0.5, 0.6) is 0 Å². The zero-order valence-corrected chi connectivity index (χ0v) is 19.5. The molecule has 170 valence electrons. The third-order valence-corrected chi connectivity index (χ3v) is 7.68. The monoisotopic (exact) mass is 474 g/mol. The molecule has 0 bridgehead atoms. The van der Waals surface area contributed by atoms with Gasteiger partial charge in [0.05, 0.1) is 17.1 Å². The largest absolute Gasteiger partial charge is 0.355 e. The molecule has 4 rings (SSSR count). The van der Waals surface area contributed by atoms with Crippen LogP contribution in [0, 0.1) is 5.92 Å². The number of carbonyl (C=O) groups is 1. The van der Waals surface area contributed by atoms with Crippen molar-refractivity contribution in [2.75, 3.05) is 25.9 Å². The van der Waals surface area contributed by atoms with Crippen molar-refractivity contribution >= 4 is 27.1 Å². The molecule has 1 aliphatic rings. The quantitative estimate of drug-likeness (QED) is 0.529. The molecule has 0 saturated carbocycles. The predicted molar refractivity (Wildman–Crippen MR) is 121 cm³/mol. The van der Waals surface area contributed by atoms with Crippen LogP contribution in [-0.2, 0) is 27.6 Å². The summed E-state index contributed by atoms with van der Waals surface area (Å²) in [7, 11) is -3.25.